The zero-order chi connectivity index (χ0) is 27.1. The molecule has 196 valence electrons. The first-order valence-corrected chi connectivity index (χ1v) is 12.1. The van der Waals surface area contributed by atoms with E-state index in [9.17, 15) is 62.3 Å². The zero-order valence-electron chi connectivity index (χ0n) is 14.8. The van der Waals surface area contributed by atoms with Crippen molar-refractivity contribution in [1.82, 2.24) is 0 Å². The Morgan fingerprint density at radius 3 is 1.30 bits per heavy atom. The van der Waals surface area contributed by atoms with E-state index in [1.807, 2.05) is 15.9 Å². The van der Waals surface area contributed by atoms with Crippen molar-refractivity contribution in [3.63, 3.8) is 0 Å². The average molecular weight is 839 g/mol. The molecule has 0 saturated heterocycles. The molecule has 0 aromatic carbocycles. The number of hydrogen-bond acceptors (Lipinski definition) is 3. The SMILES string of the molecule is O=C(Br)C(F)(Br)CBr.O=C(OCC1C(F)(F)C(F)(F)C(F)(F)C(F)(F)C1(F)F)C(F)(Br)CBr. The van der Waals surface area contributed by atoms with Gasteiger partial charge in [0.15, 0.2) is 0 Å². The van der Waals surface area contributed by atoms with Gasteiger partial charge in [0.05, 0.1) is 10.7 Å². The summed E-state index contributed by atoms with van der Waals surface area (Å²) in [6.45, 7) is -2.58. The van der Waals surface area contributed by atoms with Crippen LogP contribution in [-0.4, -0.2) is 66.7 Å². The zero-order valence-corrected chi connectivity index (χ0v) is 22.8. The largest absolute Gasteiger partial charge is 0.462 e. The number of halogens is 17. The third-order valence-corrected chi connectivity index (χ3v) is 9.26. The molecular formula is C13H7Br5F12O3. The van der Waals surface area contributed by atoms with Crippen molar-refractivity contribution in [2.24, 2.45) is 5.92 Å². The molecule has 2 unspecified atom stereocenters. The smallest absolute Gasteiger partial charge is 0.384 e. The summed E-state index contributed by atoms with van der Waals surface area (Å²) >= 11 is 12.2. The molecule has 33 heavy (non-hydrogen) atoms. The number of ether oxygens (including phenoxy) is 1. The lowest BCUT2D eigenvalue weighted by atomic mass is 9.75. The molecule has 0 aromatic heterocycles. The Kier molecular flexibility index (Phi) is 10.8. The van der Waals surface area contributed by atoms with E-state index >= 15 is 0 Å². The molecule has 2 atom stereocenters. The Morgan fingerprint density at radius 1 is 0.727 bits per heavy atom. The molecule has 3 nitrogen and oxygen atoms in total. The fourth-order valence-corrected chi connectivity index (χ4v) is 2.98. The number of hydrogen-bond donors (Lipinski definition) is 0. The van der Waals surface area contributed by atoms with Gasteiger partial charge in [-0.15, -0.1) is 0 Å². The van der Waals surface area contributed by atoms with Gasteiger partial charge in [0, 0.05) is 0 Å². The van der Waals surface area contributed by atoms with Gasteiger partial charge in [-0.3, -0.25) is 4.79 Å². The highest BCUT2D eigenvalue weighted by Crippen LogP contribution is 2.66. The highest BCUT2D eigenvalue weighted by atomic mass is 79.9. The molecule has 0 heterocycles. The Bertz CT molecular complexity index is 717. The summed E-state index contributed by atoms with van der Waals surface area (Å²) in [5.74, 6) is -40.5. The maximum Gasteiger partial charge on any atom is 0.384 e. The second-order valence-corrected chi connectivity index (χ2v) is 10.4. The number of carbonyl (C=O) groups is 2. The topological polar surface area (TPSA) is 43.4 Å². The molecular weight excluding hydrogens is 832 g/mol. The summed E-state index contributed by atoms with van der Waals surface area (Å²) in [4.78, 5) is 21.3. The Labute approximate surface area is 218 Å². The standard InChI is InChI=1S/C10H5Br2F11O2.C3H2Br3FO/c11-2-5(12,13)4(24)25-1-3-6(14,15)8(18,19)10(22,23)9(20,21)7(3,16)17;4-1-3(6,7)2(5)8/h3H,1-2H2;1H2. The van der Waals surface area contributed by atoms with E-state index < -0.39 is 67.3 Å². The fourth-order valence-electron chi connectivity index (χ4n) is 1.86. The van der Waals surface area contributed by atoms with E-state index in [0.29, 0.717) is 0 Å². The predicted molar refractivity (Wildman–Crippen MR) is 106 cm³/mol. The summed E-state index contributed by atoms with van der Waals surface area (Å²) < 4.78 is 156. The summed E-state index contributed by atoms with van der Waals surface area (Å²) in [7, 11) is 0. The molecule has 1 rings (SSSR count). The lowest BCUT2D eigenvalue weighted by molar-refractivity contribution is -0.465. The van der Waals surface area contributed by atoms with Crippen molar-refractivity contribution in [3.05, 3.63) is 0 Å². The van der Waals surface area contributed by atoms with E-state index in [1.54, 1.807) is 0 Å². The van der Waals surface area contributed by atoms with Gasteiger partial charge >= 0.3 is 35.6 Å². The van der Waals surface area contributed by atoms with E-state index in [4.69, 9.17) is 0 Å². The number of carbonyl (C=O) groups excluding carboxylic acids is 2. The van der Waals surface area contributed by atoms with Crippen LogP contribution in [0.5, 0.6) is 0 Å². The minimum Gasteiger partial charge on any atom is -0.462 e. The summed E-state index contributed by atoms with van der Waals surface area (Å²) in [5, 5.41) is -0.981. The minimum absolute atomic E-state index is 0.0515. The molecule has 0 radical (unpaired) electrons. The number of alkyl halides is 16. The lowest BCUT2D eigenvalue weighted by Crippen LogP contribution is -2.78. The van der Waals surface area contributed by atoms with Crippen molar-refractivity contribution >= 4 is 90.3 Å². The van der Waals surface area contributed by atoms with Gasteiger partial charge in [0.1, 0.15) is 12.5 Å². The minimum atomic E-state index is -7.11. The van der Waals surface area contributed by atoms with Gasteiger partial charge in [0.2, 0.25) is 9.27 Å². The third kappa shape index (κ3) is 5.99. The molecule has 0 spiro atoms. The average Bonchev–Trinajstić information content (AvgIpc) is 2.66. The van der Waals surface area contributed by atoms with E-state index in [0.717, 1.165) is 0 Å². The van der Waals surface area contributed by atoms with Crippen LogP contribution in [0.25, 0.3) is 0 Å². The fraction of sp³-hybridized carbons (Fsp3) is 0.846. The maximum absolute atomic E-state index is 13.5. The normalized spacial score (nSPS) is 26.1. The lowest BCUT2D eigenvalue weighted by Gasteiger charge is -2.49. The highest BCUT2D eigenvalue weighted by molar-refractivity contribution is 9.20. The first-order valence-electron chi connectivity index (χ1n) is 7.46. The van der Waals surface area contributed by atoms with Crippen molar-refractivity contribution in [1.29, 1.82) is 0 Å². The second kappa shape index (κ2) is 10.6. The number of esters is 1. The van der Waals surface area contributed by atoms with Crippen LogP contribution in [0.2, 0.25) is 0 Å². The van der Waals surface area contributed by atoms with Crippen LogP contribution < -0.4 is 0 Å². The van der Waals surface area contributed by atoms with Crippen LogP contribution in [0.4, 0.5) is 52.7 Å². The molecule has 20 heteroatoms. The Hall–Kier alpha value is 0.700. The van der Waals surface area contributed by atoms with Crippen molar-refractivity contribution in [3.8, 4) is 0 Å². The summed E-state index contributed by atoms with van der Waals surface area (Å²) in [6, 6.07) is 0. The van der Waals surface area contributed by atoms with Gasteiger partial charge in [-0.05, 0) is 47.8 Å². The van der Waals surface area contributed by atoms with Crippen LogP contribution in [-0.2, 0) is 14.3 Å². The highest BCUT2D eigenvalue weighted by Gasteiger charge is 2.95. The molecule has 1 saturated carbocycles. The summed E-state index contributed by atoms with van der Waals surface area (Å²) in [6.07, 6.45) is 0. The first-order chi connectivity index (χ1) is 14.3. The molecule has 1 aliphatic carbocycles. The van der Waals surface area contributed by atoms with Gasteiger partial charge in [-0.1, -0.05) is 31.9 Å². The maximum atomic E-state index is 13.5. The van der Waals surface area contributed by atoms with E-state index in [2.05, 4.69) is 68.5 Å². The Balaban J connectivity index is 0.00000109. The van der Waals surface area contributed by atoms with Crippen molar-refractivity contribution in [2.45, 2.75) is 38.8 Å². The van der Waals surface area contributed by atoms with Gasteiger partial charge in [0.25, 0.3) is 4.58 Å². The monoisotopic (exact) mass is 834 g/mol. The van der Waals surface area contributed by atoms with Crippen molar-refractivity contribution < 1.29 is 67.0 Å². The molecule has 0 amide bonds. The van der Waals surface area contributed by atoms with Crippen LogP contribution in [0.15, 0.2) is 0 Å². The predicted octanol–water partition coefficient (Wildman–Crippen LogP) is 7.16. The Morgan fingerprint density at radius 2 is 1.06 bits per heavy atom. The third-order valence-electron chi connectivity index (χ3n) is 3.80. The second-order valence-electron chi connectivity index (χ2n) is 6.07. The van der Waals surface area contributed by atoms with Crippen LogP contribution in [0, 0.1) is 5.92 Å². The molecule has 0 aromatic rings. The molecule has 0 aliphatic heterocycles. The van der Waals surface area contributed by atoms with Gasteiger partial charge in [-0.2, -0.15) is 43.9 Å². The van der Waals surface area contributed by atoms with Crippen molar-refractivity contribution in [2.75, 3.05) is 17.3 Å². The van der Waals surface area contributed by atoms with E-state index in [1.165, 1.54) is 0 Å². The van der Waals surface area contributed by atoms with Crippen LogP contribution in [0.1, 0.15) is 0 Å². The molecule has 1 aliphatic rings. The molecule has 0 bridgehead atoms. The molecule has 0 N–H and O–H groups in total. The van der Waals surface area contributed by atoms with Crippen LogP contribution >= 0.6 is 79.6 Å². The van der Waals surface area contributed by atoms with Crippen LogP contribution in [0.3, 0.4) is 0 Å². The summed E-state index contributed by atoms with van der Waals surface area (Å²) in [5.41, 5.74) is 0. The number of rotatable bonds is 6. The quantitative estimate of drug-likeness (QED) is 0.124. The van der Waals surface area contributed by atoms with E-state index in [-0.39, 0.29) is 5.33 Å². The molecule has 1 fully saturated rings. The first kappa shape index (κ1) is 33.7. The van der Waals surface area contributed by atoms with Gasteiger partial charge in [-0.25, -0.2) is 13.6 Å². The van der Waals surface area contributed by atoms with Gasteiger partial charge < -0.3 is 4.74 Å².